The quantitative estimate of drug-likeness (QED) is 0.782. The zero-order chi connectivity index (χ0) is 10.8. The van der Waals surface area contributed by atoms with Crippen molar-refractivity contribution in [3.05, 3.63) is 18.4 Å². The van der Waals surface area contributed by atoms with Gasteiger partial charge >= 0.3 is 0 Å². The zero-order valence-corrected chi connectivity index (χ0v) is 9.72. The molecule has 1 heterocycles. The average Bonchev–Trinajstić information content (AvgIpc) is 2.53. The Morgan fingerprint density at radius 2 is 2.21 bits per heavy atom. The molecule has 2 atom stereocenters. The number of rotatable bonds is 3. The monoisotopic (exact) mass is 216 g/mol. The summed E-state index contributed by atoms with van der Waals surface area (Å²) in [5.41, 5.74) is 0. The van der Waals surface area contributed by atoms with Crippen molar-refractivity contribution in [2.75, 3.05) is 0 Å². The maximum atomic E-state index is 11.7. The van der Waals surface area contributed by atoms with E-state index in [2.05, 4.69) is 9.71 Å². The van der Waals surface area contributed by atoms with Crippen molar-refractivity contribution in [2.24, 2.45) is 0 Å². The molecule has 14 heavy (non-hydrogen) atoms. The molecular formula is C9H16N2O2S. The van der Waals surface area contributed by atoms with E-state index in [0.717, 1.165) is 0 Å². The van der Waals surface area contributed by atoms with Gasteiger partial charge in [0, 0.05) is 11.4 Å². The van der Waals surface area contributed by atoms with Gasteiger partial charge in [-0.15, -0.1) is 4.72 Å². The molecule has 5 heteroatoms. The molecule has 0 aliphatic heterocycles. The molecular weight excluding hydrogens is 200 g/mol. The van der Waals surface area contributed by atoms with Crippen molar-refractivity contribution in [3.63, 3.8) is 0 Å². The summed E-state index contributed by atoms with van der Waals surface area (Å²) in [6.45, 7) is 7.65. The van der Waals surface area contributed by atoms with Crippen LogP contribution in [0.2, 0.25) is 0 Å². The SMILES string of the molecule is C[C@@H](N[S+]([O-])C(C)(C)C)c1cnco1. The van der Waals surface area contributed by atoms with Gasteiger partial charge in [-0.1, -0.05) is 0 Å². The minimum Gasteiger partial charge on any atom is -0.598 e. The van der Waals surface area contributed by atoms with E-state index >= 15 is 0 Å². The second kappa shape index (κ2) is 4.33. The van der Waals surface area contributed by atoms with Crippen molar-refractivity contribution in [2.45, 2.75) is 38.5 Å². The summed E-state index contributed by atoms with van der Waals surface area (Å²) < 4.78 is 19.5. The van der Waals surface area contributed by atoms with Crippen LogP contribution in [0.25, 0.3) is 0 Å². The molecule has 0 amide bonds. The summed E-state index contributed by atoms with van der Waals surface area (Å²) >= 11 is -1.09. The lowest BCUT2D eigenvalue weighted by Gasteiger charge is -2.25. The Morgan fingerprint density at radius 1 is 1.57 bits per heavy atom. The molecule has 4 nitrogen and oxygen atoms in total. The molecule has 1 unspecified atom stereocenters. The third kappa shape index (κ3) is 3.01. The molecule has 1 N–H and O–H groups in total. The summed E-state index contributed by atoms with van der Waals surface area (Å²) in [4.78, 5) is 3.81. The van der Waals surface area contributed by atoms with Crippen LogP contribution in [-0.2, 0) is 11.4 Å². The first-order valence-corrected chi connectivity index (χ1v) is 5.62. The molecule has 0 aliphatic rings. The van der Waals surface area contributed by atoms with Crippen LogP contribution >= 0.6 is 0 Å². The van der Waals surface area contributed by atoms with Gasteiger partial charge in [-0.3, -0.25) is 0 Å². The molecule has 0 bridgehead atoms. The van der Waals surface area contributed by atoms with Crippen LogP contribution in [0, 0.1) is 0 Å². The Bertz CT molecular complexity index is 269. The molecule has 1 rings (SSSR count). The fourth-order valence-electron chi connectivity index (χ4n) is 0.835. The molecule has 0 aliphatic carbocycles. The smallest absolute Gasteiger partial charge is 0.180 e. The van der Waals surface area contributed by atoms with E-state index in [1.165, 1.54) is 6.39 Å². The highest BCUT2D eigenvalue weighted by molar-refractivity contribution is 7.90. The molecule has 0 saturated heterocycles. The largest absolute Gasteiger partial charge is 0.598 e. The highest BCUT2D eigenvalue weighted by Gasteiger charge is 2.28. The fraction of sp³-hybridized carbons (Fsp3) is 0.667. The molecule has 1 aromatic rings. The lowest BCUT2D eigenvalue weighted by atomic mass is 10.3. The first kappa shape index (κ1) is 11.6. The lowest BCUT2D eigenvalue weighted by Crippen LogP contribution is -2.40. The number of nitrogens with one attached hydrogen (secondary N) is 1. The fourth-order valence-corrected chi connectivity index (χ4v) is 1.63. The van der Waals surface area contributed by atoms with Gasteiger partial charge in [0.25, 0.3) is 0 Å². The summed E-state index contributed by atoms with van der Waals surface area (Å²) in [6.07, 6.45) is 2.99. The molecule has 0 aromatic carbocycles. The Kier molecular flexibility index (Phi) is 3.58. The zero-order valence-electron chi connectivity index (χ0n) is 8.90. The predicted octanol–water partition coefficient (Wildman–Crippen LogP) is 1.79. The number of nitrogens with zero attached hydrogens (tertiary/aromatic N) is 1. The van der Waals surface area contributed by atoms with Crippen molar-refractivity contribution in [1.29, 1.82) is 0 Å². The van der Waals surface area contributed by atoms with Crippen LogP contribution < -0.4 is 4.72 Å². The maximum Gasteiger partial charge on any atom is 0.180 e. The number of aromatic nitrogens is 1. The summed E-state index contributed by atoms with van der Waals surface area (Å²) in [5, 5.41) is 0. The van der Waals surface area contributed by atoms with Crippen molar-refractivity contribution in [3.8, 4) is 0 Å². The van der Waals surface area contributed by atoms with E-state index in [0.29, 0.717) is 5.76 Å². The van der Waals surface area contributed by atoms with Crippen molar-refractivity contribution in [1.82, 2.24) is 9.71 Å². The lowest BCUT2D eigenvalue weighted by molar-refractivity contribution is 0.451. The van der Waals surface area contributed by atoms with Gasteiger partial charge in [-0.25, -0.2) is 4.98 Å². The molecule has 0 fully saturated rings. The highest BCUT2D eigenvalue weighted by atomic mass is 32.2. The van der Waals surface area contributed by atoms with Gasteiger partial charge in [-0.2, -0.15) is 0 Å². The van der Waals surface area contributed by atoms with E-state index in [1.807, 2.05) is 27.7 Å². The minimum atomic E-state index is -1.09. The van der Waals surface area contributed by atoms with Crippen molar-refractivity contribution >= 4 is 11.4 Å². The minimum absolute atomic E-state index is 0.0856. The Morgan fingerprint density at radius 3 is 2.64 bits per heavy atom. The normalized spacial score (nSPS) is 16.6. The Labute approximate surface area is 87.4 Å². The van der Waals surface area contributed by atoms with Crippen LogP contribution in [0.15, 0.2) is 17.0 Å². The summed E-state index contributed by atoms with van der Waals surface area (Å²) in [7, 11) is 0. The Hall–Kier alpha value is -0.520. The number of oxazole rings is 1. The first-order valence-electron chi connectivity index (χ1n) is 4.47. The summed E-state index contributed by atoms with van der Waals surface area (Å²) in [6, 6.07) is -0.0856. The van der Waals surface area contributed by atoms with Gasteiger partial charge in [0.2, 0.25) is 0 Å². The first-order chi connectivity index (χ1) is 6.41. The van der Waals surface area contributed by atoms with Gasteiger partial charge in [0.05, 0.1) is 6.20 Å². The second-order valence-corrected chi connectivity index (χ2v) is 6.12. The highest BCUT2D eigenvalue weighted by Crippen LogP contribution is 2.18. The van der Waals surface area contributed by atoms with E-state index in [1.54, 1.807) is 6.20 Å². The van der Waals surface area contributed by atoms with E-state index in [4.69, 9.17) is 4.42 Å². The van der Waals surface area contributed by atoms with Crippen LogP contribution in [0.4, 0.5) is 0 Å². The van der Waals surface area contributed by atoms with Crippen LogP contribution in [-0.4, -0.2) is 14.3 Å². The average molecular weight is 216 g/mol. The topological polar surface area (TPSA) is 61.1 Å². The molecule has 0 spiro atoms. The maximum absolute atomic E-state index is 11.7. The van der Waals surface area contributed by atoms with Crippen LogP contribution in [0.1, 0.15) is 39.5 Å². The summed E-state index contributed by atoms with van der Waals surface area (Å²) in [5.74, 6) is 0.697. The number of hydrogen-bond acceptors (Lipinski definition) is 4. The molecule has 0 saturated carbocycles. The third-order valence-electron chi connectivity index (χ3n) is 1.72. The van der Waals surface area contributed by atoms with E-state index in [9.17, 15) is 4.55 Å². The van der Waals surface area contributed by atoms with E-state index < -0.39 is 11.4 Å². The van der Waals surface area contributed by atoms with Gasteiger partial charge in [0.15, 0.2) is 6.39 Å². The van der Waals surface area contributed by atoms with E-state index in [-0.39, 0.29) is 10.8 Å². The molecule has 0 radical (unpaired) electrons. The van der Waals surface area contributed by atoms with Gasteiger partial charge in [-0.05, 0) is 27.7 Å². The Balaban J connectivity index is 2.53. The second-order valence-electron chi connectivity index (χ2n) is 4.12. The standard InChI is InChI=1S/C9H16N2O2S/c1-7(8-5-10-6-13-8)11-14(12)9(2,3)4/h5-7,11H,1-4H3/t7-,14?/m1/s1. The van der Waals surface area contributed by atoms with Crippen LogP contribution in [0.3, 0.4) is 0 Å². The third-order valence-corrected chi connectivity index (χ3v) is 3.40. The number of hydrogen-bond donors (Lipinski definition) is 1. The predicted molar refractivity (Wildman–Crippen MR) is 55.9 cm³/mol. The molecule has 80 valence electrons. The molecule has 1 aromatic heterocycles. The van der Waals surface area contributed by atoms with Crippen LogP contribution in [0.5, 0.6) is 0 Å². The van der Waals surface area contributed by atoms with Gasteiger partial charge in [0.1, 0.15) is 16.5 Å². The van der Waals surface area contributed by atoms with Gasteiger partial charge < -0.3 is 8.97 Å². The van der Waals surface area contributed by atoms with Crippen molar-refractivity contribution < 1.29 is 8.97 Å².